The van der Waals surface area contributed by atoms with Crippen LogP contribution in [0, 0.1) is 30.0 Å². The lowest BCUT2D eigenvalue weighted by Crippen LogP contribution is -2.33. The third-order valence-electron chi connectivity index (χ3n) is 6.41. The van der Waals surface area contributed by atoms with E-state index >= 15 is 0 Å². The van der Waals surface area contributed by atoms with E-state index in [4.69, 9.17) is 4.74 Å². The van der Waals surface area contributed by atoms with Crippen molar-refractivity contribution in [3.8, 4) is 0 Å². The zero-order valence-corrected chi connectivity index (χ0v) is 24.3. The topological polar surface area (TPSA) is 59.4 Å². The molecular weight excluding hydrogens is 441 g/mol. The summed E-state index contributed by atoms with van der Waals surface area (Å²) in [5, 5.41) is 9.76. The van der Waals surface area contributed by atoms with Crippen LogP contribution < -0.4 is 0 Å². The Balaban J connectivity index is 0.00000267. The normalized spacial score (nSPS) is 14.1. The van der Waals surface area contributed by atoms with Crippen molar-refractivity contribution in [1.29, 1.82) is 0 Å². The molecule has 0 aromatic carbocycles. The number of carbonyl (C=O) groups is 1. The van der Waals surface area contributed by atoms with Crippen molar-refractivity contribution in [3.05, 3.63) is 34.4 Å². The summed E-state index contributed by atoms with van der Waals surface area (Å²) in [4.78, 5) is 17.0. The van der Waals surface area contributed by atoms with Gasteiger partial charge in [0, 0.05) is 24.6 Å². The number of hydrogen-bond donors (Lipinski definition) is 1. The number of ether oxygens (including phenoxy) is 1. The van der Waals surface area contributed by atoms with Crippen LogP contribution in [0.25, 0.3) is 6.08 Å². The molecule has 0 spiro atoms. The summed E-state index contributed by atoms with van der Waals surface area (Å²) in [7, 11) is 0. The van der Waals surface area contributed by atoms with Crippen LogP contribution in [0.15, 0.2) is 11.6 Å². The van der Waals surface area contributed by atoms with Crippen molar-refractivity contribution >= 4 is 11.9 Å². The molecule has 0 aliphatic heterocycles. The Bertz CT molecular complexity index is 792. The monoisotopic (exact) mass is 493 g/mol. The van der Waals surface area contributed by atoms with Crippen LogP contribution in [0.4, 0.5) is 4.39 Å². The first-order chi connectivity index (χ1) is 16.2. The average molecular weight is 494 g/mol. The maximum Gasteiger partial charge on any atom is 0.184 e. The highest BCUT2D eigenvalue weighted by Gasteiger charge is 2.26. The number of halogens is 1. The number of allylic oxidation sites excluding steroid dienone is 1. The molecule has 1 heterocycles. The van der Waals surface area contributed by atoms with Gasteiger partial charge in [-0.3, -0.25) is 4.79 Å². The quantitative estimate of drug-likeness (QED) is 0.298. The maximum absolute atomic E-state index is 14.7. The molecule has 0 aliphatic carbocycles. The summed E-state index contributed by atoms with van der Waals surface area (Å²) in [6.07, 6.45) is 5.88. The predicted octanol–water partition coefficient (Wildman–Crippen LogP) is 8.20. The number of aromatic nitrogens is 1. The van der Waals surface area contributed by atoms with Crippen molar-refractivity contribution in [1.82, 2.24) is 4.98 Å². The molecule has 1 N–H and O–H groups in total. The van der Waals surface area contributed by atoms with E-state index < -0.39 is 5.82 Å². The number of unbranched alkanes of at least 4 members (excludes halogenated alkanes) is 1. The summed E-state index contributed by atoms with van der Waals surface area (Å²) in [6.45, 7) is 22.6. The summed E-state index contributed by atoms with van der Waals surface area (Å²) >= 11 is 0. The predicted molar refractivity (Wildman–Crippen MR) is 146 cm³/mol. The van der Waals surface area contributed by atoms with Crippen molar-refractivity contribution in [2.45, 2.75) is 120 Å². The zero-order chi connectivity index (χ0) is 27.3. The first kappa shape index (κ1) is 33.4. The molecule has 0 amide bonds. The second-order valence-corrected chi connectivity index (χ2v) is 11.2. The van der Waals surface area contributed by atoms with Gasteiger partial charge in [0.25, 0.3) is 0 Å². The molecule has 0 radical (unpaired) electrons. The van der Waals surface area contributed by atoms with Gasteiger partial charge in [0.15, 0.2) is 11.6 Å². The Morgan fingerprint density at radius 3 is 2.17 bits per heavy atom. The zero-order valence-electron chi connectivity index (χ0n) is 24.3. The van der Waals surface area contributed by atoms with Gasteiger partial charge >= 0.3 is 0 Å². The van der Waals surface area contributed by atoms with Gasteiger partial charge in [0.2, 0.25) is 0 Å². The number of ketones is 1. The second-order valence-electron chi connectivity index (χ2n) is 11.2. The SMILES string of the molecule is C/C(=C\c1cc(F)c(C(=O)CCCC(OC(C)C)C(CO)C(C)C)nc1C)C(C)(C)C.CCCC. The molecule has 2 atom stereocenters. The molecule has 1 aromatic heterocycles. The number of hydrogen-bond acceptors (Lipinski definition) is 4. The highest BCUT2D eigenvalue weighted by Crippen LogP contribution is 2.28. The molecule has 5 heteroatoms. The Kier molecular flexibility index (Phi) is 15.5. The van der Waals surface area contributed by atoms with E-state index in [0.717, 1.165) is 5.57 Å². The smallest absolute Gasteiger partial charge is 0.184 e. The lowest BCUT2D eigenvalue weighted by atomic mass is 9.86. The third kappa shape index (κ3) is 12.3. The minimum Gasteiger partial charge on any atom is -0.396 e. The van der Waals surface area contributed by atoms with Gasteiger partial charge in [-0.15, -0.1) is 0 Å². The molecule has 0 bridgehead atoms. The molecule has 35 heavy (non-hydrogen) atoms. The van der Waals surface area contributed by atoms with Crippen molar-refractivity contribution in [3.63, 3.8) is 0 Å². The molecule has 2 unspecified atom stereocenters. The molecule has 202 valence electrons. The number of aliphatic hydroxyl groups is 1. The summed E-state index contributed by atoms with van der Waals surface area (Å²) in [5.41, 5.74) is 2.36. The summed E-state index contributed by atoms with van der Waals surface area (Å²) in [6, 6.07) is 1.41. The van der Waals surface area contributed by atoms with E-state index in [2.05, 4.69) is 53.5 Å². The van der Waals surface area contributed by atoms with Crippen molar-refractivity contribution in [2.75, 3.05) is 6.61 Å². The molecule has 0 saturated heterocycles. The van der Waals surface area contributed by atoms with Gasteiger partial charge in [0.1, 0.15) is 5.69 Å². The first-order valence-corrected chi connectivity index (χ1v) is 13.3. The fourth-order valence-electron chi connectivity index (χ4n) is 3.46. The lowest BCUT2D eigenvalue weighted by Gasteiger charge is -2.30. The van der Waals surface area contributed by atoms with Gasteiger partial charge in [-0.25, -0.2) is 9.37 Å². The van der Waals surface area contributed by atoms with Crippen LogP contribution in [-0.4, -0.2) is 34.7 Å². The van der Waals surface area contributed by atoms with Crippen LogP contribution >= 0.6 is 0 Å². The number of nitrogens with zero attached hydrogens (tertiary/aromatic N) is 1. The second kappa shape index (κ2) is 16.2. The van der Waals surface area contributed by atoms with Gasteiger partial charge < -0.3 is 9.84 Å². The van der Waals surface area contributed by atoms with Crippen molar-refractivity contribution in [2.24, 2.45) is 17.3 Å². The number of rotatable bonds is 12. The minimum absolute atomic E-state index is 0.00624. The summed E-state index contributed by atoms with van der Waals surface area (Å²) < 4.78 is 20.7. The van der Waals surface area contributed by atoms with Gasteiger partial charge in [0.05, 0.1) is 12.2 Å². The Labute approximate surface area is 214 Å². The molecule has 0 saturated carbocycles. The molecule has 0 fully saturated rings. The highest BCUT2D eigenvalue weighted by atomic mass is 19.1. The minimum atomic E-state index is -0.575. The standard InChI is InChI=1S/C26H42FNO3.C4H10/c1-16(2)21(15-29)24(31-17(3)4)12-10-11-23(30)25-22(27)14-20(19(6)28-25)13-18(5)26(7,8)9;1-3-4-2/h13-14,16-17,21,24,29H,10-12,15H2,1-9H3;3-4H2,1-2H3/b18-13+;. The van der Waals surface area contributed by atoms with Gasteiger partial charge in [-0.05, 0) is 63.5 Å². The number of Topliss-reactive ketones (excluding diaryl/α,β-unsaturated/α-hetero) is 1. The van der Waals surface area contributed by atoms with E-state index in [1.54, 1.807) is 6.92 Å². The molecule has 1 aromatic rings. The average Bonchev–Trinajstić information content (AvgIpc) is 2.75. The number of carbonyl (C=O) groups excluding carboxylic acids is 1. The number of aryl methyl sites for hydroxylation is 1. The largest absolute Gasteiger partial charge is 0.396 e. The van der Waals surface area contributed by atoms with Crippen LogP contribution in [0.2, 0.25) is 0 Å². The molecule has 1 rings (SSSR count). The Morgan fingerprint density at radius 2 is 1.74 bits per heavy atom. The summed E-state index contributed by atoms with van der Waals surface area (Å²) in [5.74, 6) is -0.596. The molecule has 0 aliphatic rings. The van der Waals surface area contributed by atoms with Crippen LogP contribution in [0.1, 0.15) is 123 Å². The van der Waals surface area contributed by atoms with Crippen molar-refractivity contribution < 1.29 is 19.0 Å². The number of aliphatic hydroxyl groups excluding tert-OH is 1. The third-order valence-corrected chi connectivity index (χ3v) is 6.41. The fourth-order valence-corrected chi connectivity index (χ4v) is 3.46. The maximum atomic E-state index is 14.7. The number of pyridine rings is 1. The van der Waals surface area contributed by atoms with E-state index in [1.807, 2.05) is 26.8 Å². The van der Waals surface area contributed by atoms with E-state index in [9.17, 15) is 14.3 Å². The van der Waals surface area contributed by atoms with E-state index in [-0.39, 0.29) is 54.0 Å². The Hall–Kier alpha value is -1.59. The molecule has 4 nitrogen and oxygen atoms in total. The Morgan fingerprint density at radius 1 is 1.17 bits per heavy atom. The van der Waals surface area contributed by atoms with Crippen LogP contribution in [0.5, 0.6) is 0 Å². The van der Waals surface area contributed by atoms with Gasteiger partial charge in [-0.1, -0.05) is 73.0 Å². The van der Waals surface area contributed by atoms with E-state index in [1.165, 1.54) is 18.9 Å². The van der Waals surface area contributed by atoms with E-state index in [0.29, 0.717) is 24.1 Å². The van der Waals surface area contributed by atoms with Crippen LogP contribution in [0.3, 0.4) is 0 Å². The van der Waals surface area contributed by atoms with Gasteiger partial charge in [-0.2, -0.15) is 0 Å². The first-order valence-electron chi connectivity index (χ1n) is 13.3. The molecular formula is C30H52FNO3. The van der Waals surface area contributed by atoms with Crippen LogP contribution in [-0.2, 0) is 4.74 Å². The highest BCUT2D eigenvalue weighted by molar-refractivity contribution is 5.94. The fraction of sp³-hybridized carbons (Fsp3) is 0.733. The lowest BCUT2D eigenvalue weighted by molar-refractivity contribution is -0.0573.